The Morgan fingerprint density at radius 1 is 0.466 bits per heavy atom. The molecule has 4 heteroatoms. The molecule has 2 aliphatic heterocycles. The van der Waals surface area contributed by atoms with Crippen molar-refractivity contribution in [2.24, 2.45) is 5.92 Å². The molecule has 3 unspecified atom stereocenters. The van der Waals surface area contributed by atoms with E-state index in [1.54, 1.807) is 0 Å². The number of rotatable bonds is 5. The van der Waals surface area contributed by atoms with Crippen LogP contribution in [0.15, 0.2) is 231 Å². The van der Waals surface area contributed by atoms with Crippen LogP contribution >= 0.6 is 0 Å². The first-order valence-corrected chi connectivity index (χ1v) is 25.7. The molecule has 0 radical (unpaired) electrons. The average Bonchev–Trinajstić information content (AvgIpc) is 3.68. The highest BCUT2D eigenvalue weighted by atomic mass is 16.5. The molecule has 0 fully saturated rings. The van der Waals surface area contributed by atoms with Gasteiger partial charge in [0.15, 0.2) is 23.0 Å². The van der Waals surface area contributed by atoms with Crippen LogP contribution in [0.2, 0.25) is 0 Å². The maximum Gasteiger partial charge on any atom is 0.151 e. The molecule has 0 bridgehead atoms. The van der Waals surface area contributed by atoms with Crippen molar-refractivity contribution in [3.8, 4) is 45.3 Å². The van der Waals surface area contributed by atoms with Crippen LogP contribution in [-0.2, 0) is 5.41 Å². The van der Waals surface area contributed by atoms with Gasteiger partial charge in [0.25, 0.3) is 0 Å². The second-order valence-electron chi connectivity index (χ2n) is 20.7. The molecule has 0 spiro atoms. The van der Waals surface area contributed by atoms with Crippen LogP contribution in [0.5, 0.6) is 23.0 Å². The van der Waals surface area contributed by atoms with E-state index in [1.807, 2.05) is 0 Å². The Morgan fingerprint density at radius 3 is 1.67 bits per heavy atom. The third kappa shape index (κ3) is 6.33. The highest BCUT2D eigenvalue weighted by Gasteiger charge is 2.44. The molecule has 15 rings (SSSR count). The lowest BCUT2D eigenvalue weighted by molar-refractivity contribution is 0.394. The molecule has 3 aliphatic carbocycles. The number of ether oxygens (including phenoxy) is 2. The molecular formula is C69H50N2O2. The maximum absolute atomic E-state index is 6.58. The van der Waals surface area contributed by atoms with Crippen LogP contribution < -0.4 is 19.3 Å². The van der Waals surface area contributed by atoms with E-state index in [2.05, 4.69) is 260 Å². The third-order valence-electron chi connectivity index (χ3n) is 16.5. The maximum atomic E-state index is 6.58. The number of hydrogen-bond acceptors (Lipinski definition) is 4. The molecule has 0 N–H and O–H groups in total. The lowest BCUT2D eigenvalue weighted by atomic mass is 9.74. The van der Waals surface area contributed by atoms with Gasteiger partial charge in [0, 0.05) is 23.2 Å². The van der Waals surface area contributed by atoms with Gasteiger partial charge in [0.05, 0.1) is 22.7 Å². The zero-order valence-electron chi connectivity index (χ0n) is 40.7. The lowest BCUT2D eigenvalue weighted by Crippen LogP contribution is -2.24. The number of anilines is 6. The van der Waals surface area contributed by atoms with E-state index in [4.69, 9.17) is 9.47 Å². The summed E-state index contributed by atoms with van der Waals surface area (Å²) in [6.45, 7) is 4.86. The molecule has 2 heterocycles. The van der Waals surface area contributed by atoms with E-state index < -0.39 is 0 Å². The van der Waals surface area contributed by atoms with Gasteiger partial charge >= 0.3 is 0 Å². The summed E-state index contributed by atoms with van der Waals surface area (Å²) in [4.78, 5) is 4.77. The van der Waals surface area contributed by atoms with Gasteiger partial charge in [-0.3, -0.25) is 0 Å². The Kier molecular flexibility index (Phi) is 9.22. The Bertz CT molecular complexity index is 3950. The standard InChI is InChI=1S/C69H50N2O2/c1-69(2)57-25-8-7-22-49(57)50-37-34-44(40-58(50)69)48-21-5-6-23-51(48)67-53-38-35-46(71-61-28-11-15-32-65(61)73-66-33-16-12-29-62(66)71)42-56(53)68(52-24-17-19-43-18-3-4-20-47(43)52)54-39-36-45(41-55(54)67)70-59-26-9-13-30-63(59)72-64-31-14-10-27-60(64)70/h3-23,25-42,49,52,57H,24H2,1-2H3. The summed E-state index contributed by atoms with van der Waals surface area (Å²) < 4.78 is 13.1. The van der Waals surface area contributed by atoms with Gasteiger partial charge < -0.3 is 19.3 Å². The highest BCUT2D eigenvalue weighted by molar-refractivity contribution is 6.19. The van der Waals surface area contributed by atoms with Crippen LogP contribution in [0, 0.1) is 5.92 Å². The van der Waals surface area contributed by atoms with Gasteiger partial charge in [0.2, 0.25) is 0 Å². The molecule has 0 saturated heterocycles. The Hall–Kier alpha value is -8.86. The first kappa shape index (κ1) is 41.9. The fourth-order valence-electron chi connectivity index (χ4n) is 13.2. The summed E-state index contributed by atoms with van der Waals surface area (Å²) in [5.41, 5.74) is 17.9. The summed E-state index contributed by atoms with van der Waals surface area (Å²) >= 11 is 0. The quantitative estimate of drug-likeness (QED) is 0.161. The van der Waals surface area contributed by atoms with Crippen molar-refractivity contribution in [3.63, 3.8) is 0 Å². The first-order chi connectivity index (χ1) is 36.0. The topological polar surface area (TPSA) is 24.9 Å². The molecule has 0 aromatic heterocycles. The molecule has 348 valence electrons. The van der Waals surface area contributed by atoms with Gasteiger partial charge in [-0.05, 0) is 162 Å². The summed E-state index contributed by atoms with van der Waals surface area (Å²) in [6.07, 6.45) is 14.8. The van der Waals surface area contributed by atoms with Crippen LogP contribution in [0.25, 0.3) is 49.9 Å². The van der Waals surface area contributed by atoms with Crippen molar-refractivity contribution in [3.05, 3.63) is 258 Å². The number of allylic oxidation sites excluding steroid dienone is 5. The van der Waals surface area contributed by atoms with Gasteiger partial charge in [-0.25, -0.2) is 0 Å². The lowest BCUT2D eigenvalue weighted by Gasteiger charge is -2.34. The monoisotopic (exact) mass is 938 g/mol. The molecular weight excluding hydrogens is 889 g/mol. The van der Waals surface area contributed by atoms with Crippen molar-refractivity contribution in [1.82, 2.24) is 0 Å². The SMILES string of the molecule is CC1(C)c2cc(-c3ccccc3-c3c4cc(N5c6ccccc6Oc6ccccc65)ccc4c(C4CC=Cc5ccccc54)c4cc(N5c6ccccc6Oc6ccccc65)ccc34)ccc2C2C=CC=CC21. The summed E-state index contributed by atoms with van der Waals surface area (Å²) in [7, 11) is 0. The Morgan fingerprint density at radius 2 is 1.01 bits per heavy atom. The zero-order valence-corrected chi connectivity index (χ0v) is 40.7. The minimum absolute atomic E-state index is 0.0231. The van der Waals surface area contributed by atoms with E-state index in [0.29, 0.717) is 11.8 Å². The highest BCUT2D eigenvalue weighted by Crippen LogP contribution is 2.57. The van der Waals surface area contributed by atoms with Gasteiger partial charge in [-0.15, -0.1) is 0 Å². The molecule has 5 aliphatic rings. The van der Waals surface area contributed by atoms with E-state index in [0.717, 1.165) is 63.5 Å². The second-order valence-corrected chi connectivity index (χ2v) is 20.7. The van der Waals surface area contributed by atoms with E-state index in [9.17, 15) is 0 Å². The number of para-hydroxylation sites is 8. The van der Waals surface area contributed by atoms with E-state index in [1.165, 1.54) is 71.6 Å². The predicted octanol–water partition coefficient (Wildman–Crippen LogP) is 19.1. The summed E-state index contributed by atoms with van der Waals surface area (Å²) in [6, 6.07) is 73.5. The Balaban J connectivity index is 1.05. The Labute approximate surface area is 426 Å². The van der Waals surface area contributed by atoms with Crippen LogP contribution in [0.4, 0.5) is 34.1 Å². The minimum Gasteiger partial charge on any atom is -0.453 e. The fraction of sp³-hybridized carbons (Fsp3) is 0.101. The molecule has 10 aromatic rings. The van der Waals surface area contributed by atoms with Crippen LogP contribution in [0.3, 0.4) is 0 Å². The molecule has 4 nitrogen and oxygen atoms in total. The summed E-state index contributed by atoms with van der Waals surface area (Å²) in [5.74, 6) is 4.24. The third-order valence-corrected chi connectivity index (χ3v) is 16.5. The zero-order chi connectivity index (χ0) is 48.4. The predicted molar refractivity (Wildman–Crippen MR) is 301 cm³/mol. The number of fused-ring (bicyclic) bond motifs is 10. The van der Waals surface area contributed by atoms with Gasteiger partial charge in [-0.1, -0.05) is 178 Å². The fourth-order valence-corrected chi connectivity index (χ4v) is 13.2. The van der Waals surface area contributed by atoms with Gasteiger partial charge in [0.1, 0.15) is 0 Å². The van der Waals surface area contributed by atoms with Crippen molar-refractivity contribution in [1.29, 1.82) is 0 Å². The molecule has 3 atom stereocenters. The van der Waals surface area contributed by atoms with E-state index >= 15 is 0 Å². The van der Waals surface area contributed by atoms with Crippen LogP contribution in [-0.4, -0.2) is 0 Å². The smallest absolute Gasteiger partial charge is 0.151 e. The van der Waals surface area contributed by atoms with Crippen molar-refractivity contribution in [2.45, 2.75) is 37.5 Å². The van der Waals surface area contributed by atoms with Crippen molar-refractivity contribution in [2.75, 3.05) is 9.80 Å². The largest absolute Gasteiger partial charge is 0.453 e. The van der Waals surface area contributed by atoms with E-state index in [-0.39, 0.29) is 11.3 Å². The van der Waals surface area contributed by atoms with Crippen molar-refractivity contribution < 1.29 is 9.47 Å². The first-order valence-electron chi connectivity index (χ1n) is 25.7. The number of benzene rings is 10. The summed E-state index contributed by atoms with van der Waals surface area (Å²) in [5, 5.41) is 4.89. The van der Waals surface area contributed by atoms with Gasteiger partial charge in [-0.2, -0.15) is 0 Å². The van der Waals surface area contributed by atoms with Crippen LogP contribution in [0.1, 0.15) is 59.9 Å². The molecule has 0 saturated carbocycles. The normalized spacial score (nSPS) is 18.2. The number of hydrogen-bond donors (Lipinski definition) is 0. The average molecular weight is 939 g/mol. The molecule has 10 aromatic carbocycles. The number of nitrogens with zero attached hydrogens (tertiary/aromatic N) is 2. The minimum atomic E-state index is -0.0231. The molecule has 73 heavy (non-hydrogen) atoms. The molecule has 0 amide bonds. The van der Waals surface area contributed by atoms with Crippen molar-refractivity contribution >= 4 is 61.7 Å². The second kappa shape index (κ2) is 16.1.